The van der Waals surface area contributed by atoms with Gasteiger partial charge in [0.25, 0.3) is 5.91 Å². The zero-order chi connectivity index (χ0) is 22.9. The summed E-state index contributed by atoms with van der Waals surface area (Å²) in [7, 11) is 0. The van der Waals surface area contributed by atoms with Crippen molar-refractivity contribution in [3.63, 3.8) is 0 Å². The minimum Gasteiger partial charge on any atom is -0.494 e. The molecule has 0 saturated carbocycles. The molecule has 6 heteroatoms. The molecule has 1 aliphatic rings. The van der Waals surface area contributed by atoms with Crippen LogP contribution >= 0.6 is 15.9 Å². The van der Waals surface area contributed by atoms with E-state index in [9.17, 15) is 9.59 Å². The highest BCUT2D eigenvalue weighted by Gasteiger charge is 2.43. The molecule has 5 rings (SSSR count). The molecule has 2 heterocycles. The lowest BCUT2D eigenvalue weighted by atomic mass is 9.98. The normalized spacial score (nSPS) is 15.2. The predicted molar refractivity (Wildman–Crippen MR) is 132 cm³/mol. The zero-order valence-corrected chi connectivity index (χ0v) is 19.7. The molecule has 0 fully saturated rings. The van der Waals surface area contributed by atoms with Crippen molar-refractivity contribution in [3.8, 4) is 5.75 Å². The molecule has 0 spiro atoms. The van der Waals surface area contributed by atoms with E-state index in [0.29, 0.717) is 28.8 Å². The summed E-state index contributed by atoms with van der Waals surface area (Å²) in [5.74, 6) is 0.516. The predicted octanol–water partition coefficient (Wildman–Crippen LogP) is 6.48. The van der Waals surface area contributed by atoms with Gasteiger partial charge in [-0.1, -0.05) is 59.6 Å². The maximum absolute atomic E-state index is 13.6. The van der Waals surface area contributed by atoms with Crippen LogP contribution in [0.1, 0.15) is 47.5 Å². The highest BCUT2D eigenvalue weighted by atomic mass is 79.9. The van der Waals surface area contributed by atoms with Gasteiger partial charge in [-0.25, -0.2) is 0 Å². The van der Waals surface area contributed by atoms with Crippen molar-refractivity contribution >= 4 is 38.5 Å². The third kappa shape index (κ3) is 3.85. The average molecular weight is 504 g/mol. The van der Waals surface area contributed by atoms with Crippen molar-refractivity contribution in [1.82, 2.24) is 0 Å². The molecule has 0 saturated heterocycles. The number of halogens is 1. The van der Waals surface area contributed by atoms with Crippen LogP contribution in [0.2, 0.25) is 0 Å². The Morgan fingerprint density at radius 3 is 2.55 bits per heavy atom. The number of unbranched alkanes of at least 4 members (excludes halogenated alkanes) is 1. The summed E-state index contributed by atoms with van der Waals surface area (Å²) in [5.41, 5.74) is 2.07. The summed E-state index contributed by atoms with van der Waals surface area (Å²) < 4.78 is 12.6. The average Bonchev–Trinajstić information content (AvgIpc) is 3.12. The van der Waals surface area contributed by atoms with Crippen LogP contribution in [0, 0.1) is 0 Å². The number of fused-ring (bicyclic) bond motifs is 2. The number of amides is 1. The first-order valence-corrected chi connectivity index (χ1v) is 11.8. The van der Waals surface area contributed by atoms with Crippen LogP contribution in [0.5, 0.6) is 5.75 Å². The molecule has 1 atom stereocenters. The van der Waals surface area contributed by atoms with Crippen LogP contribution in [0.3, 0.4) is 0 Å². The molecule has 0 N–H and O–H groups in total. The van der Waals surface area contributed by atoms with E-state index in [-0.39, 0.29) is 17.1 Å². The fourth-order valence-corrected chi connectivity index (χ4v) is 4.60. The largest absolute Gasteiger partial charge is 0.494 e. The van der Waals surface area contributed by atoms with Gasteiger partial charge in [0.15, 0.2) is 5.43 Å². The fraction of sp³-hybridized carbons (Fsp3) is 0.185. The van der Waals surface area contributed by atoms with Crippen LogP contribution in [0.4, 0.5) is 5.69 Å². The Kier molecular flexibility index (Phi) is 5.77. The maximum atomic E-state index is 13.6. The summed E-state index contributed by atoms with van der Waals surface area (Å²) >= 11 is 3.49. The van der Waals surface area contributed by atoms with Crippen LogP contribution in [0.25, 0.3) is 11.0 Å². The van der Waals surface area contributed by atoms with Crippen molar-refractivity contribution in [2.24, 2.45) is 0 Å². The van der Waals surface area contributed by atoms with Crippen LogP contribution < -0.4 is 15.1 Å². The quantitative estimate of drug-likeness (QED) is 0.282. The Balaban J connectivity index is 1.67. The van der Waals surface area contributed by atoms with Gasteiger partial charge in [-0.15, -0.1) is 0 Å². The first-order valence-electron chi connectivity index (χ1n) is 11.0. The minimum absolute atomic E-state index is 0.0898. The number of carbonyl (C=O) groups is 1. The molecule has 33 heavy (non-hydrogen) atoms. The smallest absolute Gasteiger partial charge is 0.295 e. The summed E-state index contributed by atoms with van der Waals surface area (Å²) in [6.45, 7) is 2.77. The first kappa shape index (κ1) is 21.5. The number of hydrogen-bond acceptors (Lipinski definition) is 4. The number of ether oxygens (including phenoxy) is 1. The molecule has 3 aromatic carbocycles. The van der Waals surface area contributed by atoms with Crippen LogP contribution in [-0.2, 0) is 0 Å². The molecule has 1 aliphatic heterocycles. The van der Waals surface area contributed by atoms with E-state index in [2.05, 4.69) is 22.9 Å². The van der Waals surface area contributed by atoms with Gasteiger partial charge in [-0.05, 0) is 54.4 Å². The maximum Gasteiger partial charge on any atom is 0.295 e. The number of para-hydroxylation sites is 1. The Morgan fingerprint density at radius 1 is 1.00 bits per heavy atom. The van der Waals surface area contributed by atoms with Gasteiger partial charge in [-0.2, -0.15) is 0 Å². The van der Waals surface area contributed by atoms with E-state index in [4.69, 9.17) is 9.15 Å². The second-order valence-corrected chi connectivity index (χ2v) is 8.91. The lowest BCUT2D eigenvalue weighted by Gasteiger charge is -2.25. The topological polar surface area (TPSA) is 59.8 Å². The molecule has 1 unspecified atom stereocenters. The number of hydrogen-bond donors (Lipinski definition) is 0. The molecular weight excluding hydrogens is 482 g/mol. The molecule has 4 aromatic rings. The van der Waals surface area contributed by atoms with Crippen molar-refractivity contribution < 1.29 is 13.9 Å². The van der Waals surface area contributed by atoms with E-state index in [1.54, 1.807) is 29.2 Å². The lowest BCUT2D eigenvalue weighted by molar-refractivity contribution is 0.0971. The van der Waals surface area contributed by atoms with Gasteiger partial charge in [0, 0.05) is 10.2 Å². The number of carbonyl (C=O) groups excluding carboxylic acids is 1. The zero-order valence-electron chi connectivity index (χ0n) is 18.1. The van der Waals surface area contributed by atoms with Crippen molar-refractivity contribution in [1.29, 1.82) is 0 Å². The Labute approximate surface area is 199 Å². The van der Waals surface area contributed by atoms with E-state index < -0.39 is 6.04 Å². The fourth-order valence-electron chi connectivity index (χ4n) is 4.21. The molecule has 0 bridgehead atoms. The van der Waals surface area contributed by atoms with Crippen molar-refractivity contribution in [3.05, 3.63) is 104 Å². The first-order chi connectivity index (χ1) is 16.1. The van der Waals surface area contributed by atoms with E-state index in [1.807, 2.05) is 48.5 Å². The van der Waals surface area contributed by atoms with E-state index in [1.165, 1.54) is 0 Å². The van der Waals surface area contributed by atoms with Crippen molar-refractivity contribution in [2.45, 2.75) is 25.8 Å². The summed E-state index contributed by atoms with van der Waals surface area (Å²) in [5, 5.41) is 0.463. The minimum atomic E-state index is -0.604. The van der Waals surface area contributed by atoms with Crippen molar-refractivity contribution in [2.75, 3.05) is 11.5 Å². The number of benzene rings is 3. The van der Waals surface area contributed by atoms with Gasteiger partial charge in [0.1, 0.15) is 11.3 Å². The summed E-state index contributed by atoms with van der Waals surface area (Å²) in [6.07, 6.45) is 2.04. The molecule has 0 aliphatic carbocycles. The monoisotopic (exact) mass is 503 g/mol. The molecule has 5 nitrogen and oxygen atoms in total. The Morgan fingerprint density at radius 2 is 1.79 bits per heavy atom. The number of rotatable bonds is 6. The second kappa shape index (κ2) is 8.87. The molecule has 0 radical (unpaired) electrons. The van der Waals surface area contributed by atoms with Gasteiger partial charge < -0.3 is 9.15 Å². The van der Waals surface area contributed by atoms with Gasteiger partial charge in [0.2, 0.25) is 5.76 Å². The number of anilines is 1. The van der Waals surface area contributed by atoms with Crippen LogP contribution in [-0.4, -0.2) is 12.5 Å². The third-order valence-corrected chi connectivity index (χ3v) is 6.32. The Hall–Kier alpha value is -3.38. The molecule has 1 amide bonds. The van der Waals surface area contributed by atoms with E-state index >= 15 is 0 Å². The molecular formula is C27H22BrNO4. The second-order valence-electron chi connectivity index (χ2n) is 8.00. The highest BCUT2D eigenvalue weighted by molar-refractivity contribution is 9.10. The van der Waals surface area contributed by atoms with Gasteiger partial charge in [-0.3, -0.25) is 14.5 Å². The molecule has 166 valence electrons. The SMILES string of the molecule is CCCCOc1ccc(C2c3c(oc4ccccc4c3=O)C(=O)N2c2cccc(Br)c2)cc1. The van der Waals surface area contributed by atoms with Gasteiger partial charge in [0.05, 0.1) is 23.6 Å². The highest BCUT2D eigenvalue weighted by Crippen LogP contribution is 2.42. The standard InChI is InChI=1S/C27H22BrNO4/c1-2-3-15-32-20-13-11-17(12-14-20)24-23-25(30)21-9-4-5-10-22(21)33-26(23)27(31)29(24)19-8-6-7-18(28)16-19/h4-14,16,24H,2-3,15H2,1H3. The molecule has 1 aromatic heterocycles. The Bertz CT molecular complexity index is 1390. The van der Waals surface area contributed by atoms with Crippen LogP contribution in [0.15, 0.2) is 86.5 Å². The van der Waals surface area contributed by atoms with E-state index in [0.717, 1.165) is 28.6 Å². The number of nitrogens with zero attached hydrogens (tertiary/aromatic N) is 1. The summed E-state index contributed by atoms with van der Waals surface area (Å²) in [4.78, 5) is 28.8. The lowest BCUT2D eigenvalue weighted by Crippen LogP contribution is -2.29. The third-order valence-electron chi connectivity index (χ3n) is 5.83. The van der Waals surface area contributed by atoms with Gasteiger partial charge >= 0.3 is 0 Å². The summed E-state index contributed by atoms with van der Waals surface area (Å²) in [6, 6.07) is 21.5.